The first-order valence-electron chi connectivity index (χ1n) is 6.71. The average molecular weight is 313 g/mol. The number of rotatable bonds is 3. The molecular weight excluding hydrogens is 300 g/mol. The van der Waals surface area contributed by atoms with Crippen molar-refractivity contribution in [3.05, 3.63) is 71.2 Å². The Balaban J connectivity index is 1.81. The van der Waals surface area contributed by atoms with Crippen LogP contribution in [-0.2, 0) is 0 Å². The molecule has 0 aliphatic carbocycles. The maximum Gasteiger partial charge on any atom is 0.291 e. The van der Waals surface area contributed by atoms with Crippen molar-refractivity contribution in [3.63, 3.8) is 0 Å². The second kappa shape index (κ2) is 6.03. The van der Waals surface area contributed by atoms with Crippen LogP contribution in [0.25, 0.3) is 11.3 Å². The molecule has 4 nitrogen and oxygen atoms in total. The van der Waals surface area contributed by atoms with Gasteiger partial charge in [-0.15, -0.1) is 0 Å². The van der Waals surface area contributed by atoms with E-state index in [1.807, 2.05) is 25.1 Å². The molecule has 2 aromatic heterocycles. The topological polar surface area (TPSA) is 55.1 Å². The van der Waals surface area contributed by atoms with Crippen molar-refractivity contribution in [1.29, 1.82) is 0 Å². The summed E-state index contributed by atoms with van der Waals surface area (Å²) in [4.78, 5) is 16.1. The molecular formula is C17H13ClN2O2. The third-order valence-electron chi connectivity index (χ3n) is 3.21. The highest BCUT2D eigenvalue weighted by Crippen LogP contribution is 2.27. The Morgan fingerprint density at radius 2 is 2.09 bits per heavy atom. The lowest BCUT2D eigenvalue weighted by Crippen LogP contribution is -2.10. The molecule has 0 saturated heterocycles. The summed E-state index contributed by atoms with van der Waals surface area (Å²) in [6.07, 6.45) is 3.21. The van der Waals surface area contributed by atoms with Gasteiger partial charge in [-0.05, 0) is 42.8 Å². The number of carbonyl (C=O) groups excluding carboxylic acids is 1. The molecule has 1 N–H and O–H groups in total. The molecule has 0 aliphatic rings. The van der Waals surface area contributed by atoms with E-state index in [0.717, 1.165) is 11.1 Å². The van der Waals surface area contributed by atoms with Crippen molar-refractivity contribution in [3.8, 4) is 11.3 Å². The molecule has 0 saturated carbocycles. The van der Waals surface area contributed by atoms with Crippen molar-refractivity contribution in [2.75, 3.05) is 5.32 Å². The highest BCUT2D eigenvalue weighted by atomic mass is 35.5. The smallest absolute Gasteiger partial charge is 0.291 e. The van der Waals surface area contributed by atoms with Gasteiger partial charge in [-0.25, -0.2) is 0 Å². The van der Waals surface area contributed by atoms with Crippen LogP contribution in [0.2, 0.25) is 5.02 Å². The van der Waals surface area contributed by atoms with Crippen LogP contribution in [0.3, 0.4) is 0 Å². The Kier molecular flexibility index (Phi) is 3.94. The summed E-state index contributed by atoms with van der Waals surface area (Å²) < 4.78 is 5.61. The number of hydrogen-bond donors (Lipinski definition) is 1. The number of hydrogen-bond acceptors (Lipinski definition) is 3. The van der Waals surface area contributed by atoms with Gasteiger partial charge in [0.2, 0.25) is 0 Å². The molecule has 5 heteroatoms. The van der Waals surface area contributed by atoms with E-state index in [9.17, 15) is 4.79 Å². The van der Waals surface area contributed by atoms with Gasteiger partial charge < -0.3 is 9.73 Å². The van der Waals surface area contributed by atoms with Crippen LogP contribution in [0.15, 0.2) is 59.3 Å². The minimum Gasteiger partial charge on any atom is -0.451 e. The highest BCUT2D eigenvalue weighted by molar-refractivity contribution is 6.31. The maximum absolute atomic E-state index is 12.1. The maximum atomic E-state index is 12.1. The van der Waals surface area contributed by atoms with Crippen molar-refractivity contribution >= 4 is 23.2 Å². The predicted octanol–water partition coefficient (Wildman–Crippen LogP) is 4.56. The van der Waals surface area contributed by atoms with E-state index >= 15 is 0 Å². The van der Waals surface area contributed by atoms with Crippen LogP contribution < -0.4 is 5.32 Å². The molecule has 0 aliphatic heterocycles. The number of nitrogens with one attached hydrogen (secondary N) is 1. The third-order valence-corrected chi connectivity index (χ3v) is 3.61. The second-order valence-corrected chi connectivity index (χ2v) is 5.23. The number of benzene rings is 1. The number of aromatic nitrogens is 1. The van der Waals surface area contributed by atoms with E-state index in [1.165, 1.54) is 0 Å². The molecule has 0 unspecified atom stereocenters. The monoisotopic (exact) mass is 312 g/mol. The quantitative estimate of drug-likeness (QED) is 0.771. The second-order valence-electron chi connectivity index (χ2n) is 4.82. The Morgan fingerprint density at radius 1 is 1.23 bits per heavy atom. The number of nitrogens with zero attached hydrogens (tertiary/aromatic N) is 1. The SMILES string of the molecule is Cc1ccc(-c2ccc(C(=O)Nc3cccnc3)o2)cc1Cl. The van der Waals surface area contributed by atoms with Crippen molar-refractivity contribution in [2.45, 2.75) is 6.92 Å². The molecule has 2 heterocycles. The van der Waals surface area contributed by atoms with Gasteiger partial charge in [0.15, 0.2) is 5.76 Å². The molecule has 0 bridgehead atoms. The summed E-state index contributed by atoms with van der Waals surface area (Å²) in [7, 11) is 0. The zero-order valence-electron chi connectivity index (χ0n) is 11.8. The number of furan rings is 1. The molecule has 1 amide bonds. The van der Waals surface area contributed by atoms with Crippen LogP contribution in [0.5, 0.6) is 0 Å². The Hall–Kier alpha value is -2.59. The fourth-order valence-corrected chi connectivity index (χ4v) is 2.17. The molecule has 110 valence electrons. The summed E-state index contributed by atoms with van der Waals surface area (Å²) >= 11 is 6.11. The lowest BCUT2D eigenvalue weighted by Gasteiger charge is -2.03. The zero-order valence-corrected chi connectivity index (χ0v) is 12.6. The fourth-order valence-electron chi connectivity index (χ4n) is 1.99. The summed E-state index contributed by atoms with van der Waals surface area (Å²) in [5.74, 6) is 0.506. The normalized spacial score (nSPS) is 10.5. The highest BCUT2D eigenvalue weighted by Gasteiger charge is 2.13. The number of pyridine rings is 1. The Bertz CT molecular complexity index is 813. The Labute approximate surface area is 132 Å². The molecule has 0 spiro atoms. The number of anilines is 1. The molecule has 22 heavy (non-hydrogen) atoms. The predicted molar refractivity (Wildman–Crippen MR) is 86.1 cm³/mol. The van der Waals surface area contributed by atoms with E-state index < -0.39 is 0 Å². The summed E-state index contributed by atoms with van der Waals surface area (Å²) in [5.41, 5.74) is 2.44. The van der Waals surface area contributed by atoms with E-state index in [1.54, 1.807) is 36.7 Å². The Morgan fingerprint density at radius 3 is 2.82 bits per heavy atom. The largest absolute Gasteiger partial charge is 0.451 e. The lowest BCUT2D eigenvalue weighted by atomic mass is 10.1. The van der Waals surface area contributed by atoms with Crippen molar-refractivity contribution in [2.24, 2.45) is 0 Å². The van der Waals surface area contributed by atoms with Gasteiger partial charge in [-0.2, -0.15) is 0 Å². The summed E-state index contributed by atoms with van der Waals surface area (Å²) in [6.45, 7) is 1.93. The van der Waals surface area contributed by atoms with Gasteiger partial charge in [0, 0.05) is 16.8 Å². The lowest BCUT2D eigenvalue weighted by molar-refractivity contribution is 0.0997. The number of aryl methyl sites for hydroxylation is 1. The standard InChI is InChI=1S/C17H13ClN2O2/c1-11-4-5-12(9-14(11)18)15-6-7-16(22-15)17(21)20-13-3-2-8-19-10-13/h2-10H,1H3,(H,20,21). The minimum absolute atomic E-state index is 0.232. The van der Waals surface area contributed by atoms with Crippen LogP contribution in [0.1, 0.15) is 16.1 Å². The van der Waals surface area contributed by atoms with Gasteiger partial charge in [0.1, 0.15) is 5.76 Å². The molecule has 0 radical (unpaired) electrons. The van der Waals surface area contributed by atoms with Gasteiger partial charge in [0.05, 0.1) is 11.9 Å². The van der Waals surface area contributed by atoms with Gasteiger partial charge >= 0.3 is 0 Å². The minimum atomic E-state index is -0.322. The van der Waals surface area contributed by atoms with Crippen LogP contribution in [0.4, 0.5) is 5.69 Å². The van der Waals surface area contributed by atoms with E-state index in [-0.39, 0.29) is 11.7 Å². The summed E-state index contributed by atoms with van der Waals surface area (Å²) in [5, 5.41) is 3.38. The van der Waals surface area contributed by atoms with E-state index in [2.05, 4.69) is 10.3 Å². The first-order chi connectivity index (χ1) is 10.6. The van der Waals surface area contributed by atoms with Crippen LogP contribution in [-0.4, -0.2) is 10.9 Å². The van der Waals surface area contributed by atoms with Gasteiger partial charge in [-0.3, -0.25) is 9.78 Å². The van der Waals surface area contributed by atoms with Crippen LogP contribution >= 0.6 is 11.6 Å². The fraction of sp³-hybridized carbons (Fsp3) is 0.0588. The van der Waals surface area contributed by atoms with Crippen molar-refractivity contribution in [1.82, 2.24) is 4.98 Å². The number of carbonyl (C=O) groups is 1. The molecule has 3 aromatic rings. The molecule has 1 aromatic carbocycles. The molecule has 0 fully saturated rings. The first kappa shape index (κ1) is 14.4. The number of amides is 1. The van der Waals surface area contributed by atoms with Crippen LogP contribution in [0, 0.1) is 6.92 Å². The first-order valence-corrected chi connectivity index (χ1v) is 7.09. The molecule has 0 atom stereocenters. The van der Waals surface area contributed by atoms with Gasteiger partial charge in [-0.1, -0.05) is 23.7 Å². The third kappa shape index (κ3) is 3.02. The van der Waals surface area contributed by atoms with Crippen molar-refractivity contribution < 1.29 is 9.21 Å². The average Bonchev–Trinajstić information content (AvgIpc) is 3.01. The number of halogens is 1. The zero-order chi connectivity index (χ0) is 15.5. The van der Waals surface area contributed by atoms with Gasteiger partial charge in [0.25, 0.3) is 5.91 Å². The van der Waals surface area contributed by atoms with E-state index in [4.69, 9.17) is 16.0 Å². The summed E-state index contributed by atoms with van der Waals surface area (Å²) in [6, 6.07) is 12.5. The van der Waals surface area contributed by atoms with E-state index in [0.29, 0.717) is 16.5 Å². The molecule has 3 rings (SSSR count).